The van der Waals surface area contributed by atoms with Crippen LogP contribution in [0.5, 0.6) is 11.5 Å². The number of ether oxygens (including phenoxy) is 2. The summed E-state index contributed by atoms with van der Waals surface area (Å²) in [6.45, 7) is 4.57. The maximum Gasteiger partial charge on any atom is 0.241 e. The van der Waals surface area contributed by atoms with E-state index in [0.717, 1.165) is 5.56 Å². The molecule has 1 aliphatic heterocycles. The van der Waals surface area contributed by atoms with Gasteiger partial charge in [-0.25, -0.2) is 13.1 Å². The molecule has 0 unspecified atom stereocenters. The van der Waals surface area contributed by atoms with Gasteiger partial charge in [-0.3, -0.25) is 0 Å². The third kappa shape index (κ3) is 3.50. The van der Waals surface area contributed by atoms with Crippen molar-refractivity contribution in [1.29, 1.82) is 0 Å². The van der Waals surface area contributed by atoms with E-state index in [0.29, 0.717) is 29.7 Å². The molecule has 0 aromatic heterocycles. The number of hydrogen-bond acceptors (Lipinski definition) is 4. The van der Waals surface area contributed by atoms with Crippen molar-refractivity contribution < 1.29 is 17.9 Å². The summed E-state index contributed by atoms with van der Waals surface area (Å²) in [6.07, 6.45) is 0. The number of nitrogens with one attached hydrogen (secondary N) is 1. The average Bonchev–Trinajstić information content (AvgIpc) is 2.53. The first-order chi connectivity index (χ1) is 11.3. The van der Waals surface area contributed by atoms with Crippen molar-refractivity contribution in [2.45, 2.75) is 24.3 Å². The number of fused-ring (bicyclic) bond motifs is 1. The molecule has 0 spiro atoms. The van der Waals surface area contributed by atoms with Gasteiger partial charge in [0.1, 0.15) is 13.2 Å². The summed E-state index contributed by atoms with van der Waals surface area (Å²) >= 11 is 5.90. The Kier molecular flexibility index (Phi) is 4.46. The third-order valence-corrected chi connectivity index (χ3v) is 5.65. The molecule has 3 rings (SSSR count). The van der Waals surface area contributed by atoms with E-state index in [1.54, 1.807) is 38.1 Å². The van der Waals surface area contributed by atoms with E-state index >= 15 is 0 Å². The third-order valence-electron chi connectivity index (χ3n) is 3.76. The SMILES string of the molecule is CC(C)(NS(=O)(=O)c1cccc(Cl)c1)c1ccc2c(c1)OCCO2. The largest absolute Gasteiger partial charge is 0.486 e. The van der Waals surface area contributed by atoms with E-state index in [4.69, 9.17) is 21.1 Å². The maximum absolute atomic E-state index is 12.6. The summed E-state index contributed by atoms with van der Waals surface area (Å²) in [5.41, 5.74) is -0.0610. The van der Waals surface area contributed by atoms with Gasteiger partial charge in [-0.15, -0.1) is 0 Å². The predicted molar refractivity (Wildman–Crippen MR) is 92.2 cm³/mol. The molecule has 128 valence electrons. The second-order valence-corrected chi connectivity index (χ2v) is 8.17. The fraction of sp³-hybridized carbons (Fsp3) is 0.294. The van der Waals surface area contributed by atoms with Gasteiger partial charge in [0, 0.05) is 5.02 Å². The van der Waals surface area contributed by atoms with Gasteiger partial charge in [0.05, 0.1) is 10.4 Å². The Morgan fingerprint density at radius 2 is 1.75 bits per heavy atom. The molecule has 0 atom stereocenters. The zero-order valence-corrected chi connectivity index (χ0v) is 14.9. The van der Waals surface area contributed by atoms with Crippen LogP contribution in [0.1, 0.15) is 19.4 Å². The van der Waals surface area contributed by atoms with Crippen LogP contribution >= 0.6 is 11.6 Å². The van der Waals surface area contributed by atoms with E-state index in [9.17, 15) is 8.42 Å². The molecule has 0 saturated heterocycles. The highest BCUT2D eigenvalue weighted by Crippen LogP contribution is 2.34. The summed E-state index contributed by atoms with van der Waals surface area (Å²) in [4.78, 5) is 0.126. The second kappa shape index (κ2) is 6.27. The lowest BCUT2D eigenvalue weighted by Crippen LogP contribution is -2.41. The molecule has 0 saturated carbocycles. The lowest BCUT2D eigenvalue weighted by atomic mass is 9.95. The topological polar surface area (TPSA) is 64.6 Å². The quantitative estimate of drug-likeness (QED) is 0.900. The van der Waals surface area contributed by atoms with Gasteiger partial charge in [0.2, 0.25) is 10.0 Å². The van der Waals surface area contributed by atoms with Crippen molar-refractivity contribution in [3.63, 3.8) is 0 Å². The molecule has 1 heterocycles. The van der Waals surface area contributed by atoms with Gasteiger partial charge in [0.25, 0.3) is 0 Å². The molecule has 24 heavy (non-hydrogen) atoms. The highest BCUT2D eigenvalue weighted by molar-refractivity contribution is 7.89. The summed E-state index contributed by atoms with van der Waals surface area (Å²) in [7, 11) is -3.72. The Balaban J connectivity index is 1.90. The number of benzene rings is 2. The molecule has 1 aliphatic rings. The molecule has 0 fully saturated rings. The van der Waals surface area contributed by atoms with E-state index < -0.39 is 15.6 Å². The van der Waals surface area contributed by atoms with Crippen molar-refractivity contribution in [3.05, 3.63) is 53.1 Å². The monoisotopic (exact) mass is 367 g/mol. The smallest absolute Gasteiger partial charge is 0.241 e. The lowest BCUT2D eigenvalue weighted by molar-refractivity contribution is 0.171. The summed E-state index contributed by atoms with van der Waals surface area (Å²) in [5.74, 6) is 1.28. The van der Waals surface area contributed by atoms with Crippen LogP contribution in [0.25, 0.3) is 0 Å². The fourth-order valence-electron chi connectivity index (χ4n) is 2.52. The minimum Gasteiger partial charge on any atom is -0.486 e. The minimum atomic E-state index is -3.72. The van der Waals surface area contributed by atoms with Gasteiger partial charge in [-0.05, 0) is 49.7 Å². The first kappa shape index (κ1) is 17.1. The lowest BCUT2D eigenvalue weighted by Gasteiger charge is -2.28. The Bertz CT molecular complexity index is 865. The zero-order chi connectivity index (χ0) is 17.4. The van der Waals surface area contributed by atoms with E-state index in [1.165, 1.54) is 12.1 Å². The molecular formula is C17H18ClNO4S. The molecular weight excluding hydrogens is 350 g/mol. The van der Waals surface area contributed by atoms with Crippen LogP contribution < -0.4 is 14.2 Å². The number of sulfonamides is 1. The predicted octanol–water partition coefficient (Wildman–Crippen LogP) is 3.32. The zero-order valence-electron chi connectivity index (χ0n) is 13.4. The van der Waals surface area contributed by atoms with Crippen LogP contribution in [0.15, 0.2) is 47.4 Å². The average molecular weight is 368 g/mol. The summed E-state index contributed by atoms with van der Waals surface area (Å²) < 4.78 is 39.1. The van der Waals surface area contributed by atoms with Crippen LogP contribution in [-0.4, -0.2) is 21.6 Å². The summed E-state index contributed by atoms with van der Waals surface area (Å²) in [6, 6.07) is 11.6. The Hall–Kier alpha value is -1.76. The van der Waals surface area contributed by atoms with Crippen molar-refractivity contribution in [1.82, 2.24) is 4.72 Å². The number of hydrogen-bond donors (Lipinski definition) is 1. The molecule has 7 heteroatoms. The first-order valence-corrected chi connectivity index (χ1v) is 9.34. The molecule has 2 aromatic carbocycles. The van der Waals surface area contributed by atoms with Crippen LogP contribution in [0.2, 0.25) is 5.02 Å². The maximum atomic E-state index is 12.6. The first-order valence-electron chi connectivity index (χ1n) is 7.48. The highest BCUT2D eigenvalue weighted by atomic mass is 35.5. The van der Waals surface area contributed by atoms with Crippen molar-refractivity contribution in [2.75, 3.05) is 13.2 Å². The van der Waals surface area contributed by atoms with Gasteiger partial charge in [0.15, 0.2) is 11.5 Å². The molecule has 0 aliphatic carbocycles. The van der Waals surface area contributed by atoms with Crippen LogP contribution in [0, 0.1) is 0 Å². The Morgan fingerprint density at radius 3 is 2.46 bits per heavy atom. The van der Waals surface area contributed by atoms with Gasteiger partial charge >= 0.3 is 0 Å². The Labute approximate surface area is 146 Å². The highest BCUT2D eigenvalue weighted by Gasteiger charge is 2.29. The van der Waals surface area contributed by atoms with Crippen molar-refractivity contribution >= 4 is 21.6 Å². The molecule has 0 amide bonds. The summed E-state index contributed by atoms with van der Waals surface area (Å²) in [5, 5.41) is 0.370. The van der Waals surface area contributed by atoms with Crippen LogP contribution in [0.4, 0.5) is 0 Å². The van der Waals surface area contributed by atoms with E-state index in [2.05, 4.69) is 4.72 Å². The molecule has 5 nitrogen and oxygen atoms in total. The van der Waals surface area contributed by atoms with Crippen molar-refractivity contribution in [2.24, 2.45) is 0 Å². The normalized spacial score (nSPS) is 14.5. The number of rotatable bonds is 4. The van der Waals surface area contributed by atoms with E-state index in [1.807, 2.05) is 6.07 Å². The fourth-order valence-corrected chi connectivity index (χ4v) is 4.22. The van der Waals surface area contributed by atoms with E-state index in [-0.39, 0.29) is 4.90 Å². The van der Waals surface area contributed by atoms with Gasteiger partial charge < -0.3 is 9.47 Å². The molecule has 1 N–H and O–H groups in total. The van der Waals surface area contributed by atoms with Gasteiger partial charge in [-0.1, -0.05) is 23.7 Å². The van der Waals surface area contributed by atoms with Crippen LogP contribution in [0.3, 0.4) is 0 Å². The molecule has 2 aromatic rings. The number of halogens is 1. The van der Waals surface area contributed by atoms with Crippen molar-refractivity contribution in [3.8, 4) is 11.5 Å². The molecule has 0 bridgehead atoms. The standard InChI is InChI=1S/C17H18ClNO4S/c1-17(2,12-6-7-15-16(10-12)23-9-8-22-15)19-24(20,21)14-5-3-4-13(18)11-14/h3-7,10-11,19H,8-9H2,1-2H3. The second-order valence-electron chi connectivity index (χ2n) is 6.05. The molecule has 0 radical (unpaired) electrons. The van der Waals surface area contributed by atoms with Gasteiger partial charge in [-0.2, -0.15) is 0 Å². The van der Waals surface area contributed by atoms with Crippen LogP contribution in [-0.2, 0) is 15.6 Å². The Morgan fingerprint density at radius 1 is 1.04 bits per heavy atom. The minimum absolute atomic E-state index is 0.126.